The van der Waals surface area contributed by atoms with Crippen LogP contribution in [0.15, 0.2) is 55.0 Å². The minimum Gasteiger partial charge on any atom is -0.492 e. The van der Waals surface area contributed by atoms with Gasteiger partial charge in [-0.25, -0.2) is 29.9 Å². The van der Waals surface area contributed by atoms with Gasteiger partial charge in [0, 0.05) is 134 Å². The normalized spacial score (nSPS) is 15.4. The maximum atomic E-state index is 12.6. The SMILES string of the molecule is CN(CC(=O)CC(C)(C)C)c1nc(-c2cc(OCCO)ccn2)nc2c1CCC2.CN(CC(=O)CC(C)(C)C)c1nc(-c2cc(OCCOS(C)(=O)=O)ccn2)nc2c1CCC2.Cl.[2H]C([2H])([2H])N(CCOc1ccnc(-c2nc3c(c(N(C)CC(=O)CC(C)(C)C)n2)CCC3)c1)C([2H])([2H])[2H].[2H]C([2H])([2H])NC([2H])([2H])[2H]. The Hall–Kier alpha value is -7.42. The van der Waals surface area contributed by atoms with Gasteiger partial charge >= 0.3 is 0 Å². The molecular formula is C71H105ClN14O10S. The molecule has 2 N–H and O–H groups in total. The predicted molar refractivity (Wildman–Crippen MR) is 384 cm³/mol. The topological polar surface area (TPSA) is 283 Å². The van der Waals surface area contributed by atoms with Crippen molar-refractivity contribution in [2.75, 3.05) is 129 Å². The standard InChI is InChI=1S/C24H35N5O2.C23H32N4O5S.C22H30N4O3.C2H7N.ClH/c1-24(2,3)15-17(30)16-29(6)23-19-8-7-9-20(19)26-22(27-23)21-14-18(10-11-25-21)31-13-12-28(4)5;1-23(2,3)14-16(28)15-27(4)22-18-7-6-8-19(18)25-21(26-22)20-13-17(9-10-24-20)31-11-12-32-33(5,29)30;1-22(2,3)13-15(28)14-26(4)21-17-6-5-7-18(17)24-20(25-21)19-12-16(8-9-23-19)29-11-10-27;1-3-2;/h10-11,14H,7-9,12-13,15-16H2,1-6H3;9-10,13H,6-8,11-12,14-15H2,1-5H3;8-9,12,27H,5-7,10-11,13-14H2,1-4H3;3H,1-2H3;1H/i4D3,5D3;;;1D3,2D3;. The van der Waals surface area contributed by atoms with Gasteiger partial charge in [-0.05, 0) is 120 Å². The molecule has 0 amide bonds. The number of aliphatic hydroxyl groups excluding tert-OH is 1. The van der Waals surface area contributed by atoms with Crippen LogP contribution in [0.3, 0.4) is 0 Å². The lowest BCUT2D eigenvalue weighted by atomic mass is 9.90. The Balaban J connectivity index is 0.000000277. The molecule has 6 aromatic heterocycles. The Morgan fingerprint density at radius 3 is 1.16 bits per heavy atom. The molecule has 0 bridgehead atoms. The minimum atomic E-state index is -3.51. The van der Waals surface area contributed by atoms with Gasteiger partial charge in [-0.3, -0.25) is 33.5 Å². The molecule has 24 nitrogen and oxygen atoms in total. The smallest absolute Gasteiger partial charge is 0.264 e. The second-order valence-electron chi connectivity index (χ2n) is 27.5. The second-order valence-corrected chi connectivity index (χ2v) is 29.2. The number of aromatic nitrogens is 9. The monoisotopic (exact) mass is 1390 g/mol. The van der Waals surface area contributed by atoms with E-state index in [-0.39, 0.29) is 98.7 Å². The van der Waals surface area contributed by atoms with Crippen LogP contribution in [-0.4, -0.2) is 195 Å². The number of nitrogens with one attached hydrogen (secondary N) is 1. The molecule has 0 saturated carbocycles. The number of ketones is 3. The molecule has 3 aliphatic rings. The zero-order valence-corrected chi connectivity index (χ0v) is 59.9. The van der Waals surface area contributed by atoms with Crippen molar-refractivity contribution < 1.29 is 62.8 Å². The highest BCUT2D eigenvalue weighted by atomic mass is 35.5. The van der Waals surface area contributed by atoms with E-state index < -0.39 is 38.0 Å². The summed E-state index contributed by atoms with van der Waals surface area (Å²) in [7, 11) is 2.16. The third kappa shape index (κ3) is 26.7. The highest BCUT2D eigenvalue weighted by Crippen LogP contribution is 2.35. The molecule has 0 spiro atoms. The molecule has 3 aliphatic carbocycles. The summed E-state index contributed by atoms with van der Waals surface area (Å²) < 4.78 is 127. The molecule has 6 aromatic rings. The fourth-order valence-corrected chi connectivity index (χ4v) is 11.5. The number of carbonyl (C=O) groups is 3. The summed E-state index contributed by atoms with van der Waals surface area (Å²) in [6.07, 6.45) is 15.5. The third-order valence-corrected chi connectivity index (χ3v) is 15.3. The number of nitrogens with zero attached hydrogens (tertiary/aromatic N) is 13. The lowest BCUT2D eigenvalue weighted by Crippen LogP contribution is -2.30. The first-order chi connectivity index (χ1) is 49.9. The highest BCUT2D eigenvalue weighted by molar-refractivity contribution is 7.86. The van der Waals surface area contributed by atoms with Gasteiger partial charge in [0.05, 0.1) is 32.5 Å². The number of carbonyl (C=O) groups excluding carboxylic acids is 3. The second kappa shape index (κ2) is 37.0. The van der Waals surface area contributed by atoms with Gasteiger partial charge in [0.2, 0.25) is 0 Å². The van der Waals surface area contributed by atoms with E-state index >= 15 is 0 Å². The van der Waals surface area contributed by atoms with Crippen LogP contribution in [0.5, 0.6) is 17.2 Å². The molecule has 9 rings (SSSR count). The van der Waals surface area contributed by atoms with Gasteiger partial charge in [-0.1, -0.05) is 62.3 Å². The van der Waals surface area contributed by atoms with Gasteiger partial charge in [0.25, 0.3) is 10.1 Å². The van der Waals surface area contributed by atoms with E-state index in [0.29, 0.717) is 82.5 Å². The number of pyridine rings is 3. The summed E-state index contributed by atoms with van der Waals surface area (Å²) in [6.45, 7) is 8.38. The highest BCUT2D eigenvalue weighted by Gasteiger charge is 2.29. The molecule has 97 heavy (non-hydrogen) atoms. The van der Waals surface area contributed by atoms with E-state index in [2.05, 4.69) is 56.5 Å². The van der Waals surface area contributed by atoms with Crippen molar-refractivity contribution in [2.24, 2.45) is 16.2 Å². The van der Waals surface area contributed by atoms with Crippen molar-refractivity contribution in [3.8, 4) is 51.8 Å². The number of anilines is 3. The van der Waals surface area contributed by atoms with Gasteiger partial charge in [-0.15, -0.1) is 12.4 Å². The van der Waals surface area contributed by atoms with Gasteiger partial charge in [-0.2, -0.15) is 8.42 Å². The summed E-state index contributed by atoms with van der Waals surface area (Å²) in [4.78, 5) is 85.6. The predicted octanol–water partition coefficient (Wildman–Crippen LogP) is 9.33. The number of hydrogen-bond donors (Lipinski definition) is 2. The van der Waals surface area contributed by atoms with Crippen molar-refractivity contribution in [1.82, 2.24) is 55.1 Å². The fraction of sp³-hybridized carbons (Fsp3) is 0.577. The molecule has 0 aromatic carbocycles. The maximum absolute atomic E-state index is 12.6. The summed E-state index contributed by atoms with van der Waals surface area (Å²) in [6, 6.07) is 10.1. The van der Waals surface area contributed by atoms with Crippen LogP contribution in [0.2, 0.25) is 0 Å². The number of rotatable bonds is 27. The average Bonchev–Trinajstić information content (AvgIpc) is 1.74. The average molecular weight is 1390 g/mol. The number of aryl methyl sites for hydroxylation is 3. The minimum absolute atomic E-state index is 0. The Morgan fingerprint density at radius 1 is 0.526 bits per heavy atom. The molecule has 0 atom stereocenters. The van der Waals surface area contributed by atoms with Crippen LogP contribution in [0, 0.1) is 16.2 Å². The molecule has 0 aliphatic heterocycles. The lowest BCUT2D eigenvalue weighted by molar-refractivity contribution is -0.120. The number of Topliss-reactive ketones (excluding diaryl/α,β-unsaturated/α-hetero) is 3. The fourth-order valence-electron chi connectivity index (χ4n) is 11.1. The van der Waals surface area contributed by atoms with E-state index in [1.807, 2.05) is 56.6 Å². The zero-order valence-electron chi connectivity index (χ0n) is 70.3. The van der Waals surface area contributed by atoms with Crippen molar-refractivity contribution in [1.29, 1.82) is 0 Å². The van der Waals surface area contributed by atoms with Crippen LogP contribution in [-0.2, 0) is 67.2 Å². The summed E-state index contributed by atoms with van der Waals surface area (Å²) >= 11 is 0. The van der Waals surface area contributed by atoms with E-state index in [0.717, 1.165) is 115 Å². The number of ether oxygens (including phenoxy) is 3. The molecule has 26 heteroatoms. The Morgan fingerprint density at radius 2 is 0.866 bits per heavy atom. The van der Waals surface area contributed by atoms with Crippen molar-refractivity contribution in [3.63, 3.8) is 0 Å². The molecule has 0 fully saturated rings. The van der Waals surface area contributed by atoms with Gasteiger partial charge in [0.1, 0.15) is 78.2 Å². The zero-order chi connectivity index (χ0) is 80.5. The van der Waals surface area contributed by atoms with Crippen LogP contribution >= 0.6 is 12.4 Å². The Bertz CT molecular complexity index is 4130. The summed E-state index contributed by atoms with van der Waals surface area (Å²) in [5, 5.41) is 10.4. The summed E-state index contributed by atoms with van der Waals surface area (Å²) in [5.41, 5.74) is 7.67. The number of hydrogen-bond acceptors (Lipinski definition) is 24. The van der Waals surface area contributed by atoms with Crippen LogP contribution in [0.1, 0.15) is 151 Å². The Labute approximate surface area is 598 Å². The van der Waals surface area contributed by atoms with Gasteiger partial charge < -0.3 is 44.2 Å². The van der Waals surface area contributed by atoms with Crippen molar-refractivity contribution in [2.45, 2.75) is 139 Å². The lowest BCUT2D eigenvalue weighted by Gasteiger charge is -2.23. The molecule has 0 unspecified atom stereocenters. The van der Waals surface area contributed by atoms with E-state index in [9.17, 15) is 22.8 Å². The van der Waals surface area contributed by atoms with Crippen LogP contribution in [0.4, 0.5) is 17.5 Å². The van der Waals surface area contributed by atoms with E-state index in [1.54, 1.807) is 48.8 Å². The first kappa shape index (κ1) is 63.1. The number of fused-ring (bicyclic) bond motifs is 3. The maximum Gasteiger partial charge on any atom is 0.264 e. The quantitative estimate of drug-likeness (QED) is 0.0359. The van der Waals surface area contributed by atoms with Gasteiger partial charge in [0.15, 0.2) is 34.8 Å². The third-order valence-electron chi connectivity index (χ3n) is 14.7. The van der Waals surface area contributed by atoms with Crippen molar-refractivity contribution >= 4 is 57.3 Å². The van der Waals surface area contributed by atoms with E-state index in [4.69, 9.17) is 69.9 Å². The number of likely N-dealkylation sites (N-methyl/N-ethyl adjacent to an activating group) is 4. The number of halogens is 1. The van der Waals surface area contributed by atoms with Crippen LogP contribution < -0.4 is 34.2 Å². The first-order valence-electron chi connectivity index (χ1n) is 38.1. The molecule has 532 valence electrons. The van der Waals surface area contributed by atoms with Crippen molar-refractivity contribution in [3.05, 3.63) is 88.8 Å². The Kier molecular flexibility index (Phi) is 24.0. The molecule has 6 heterocycles. The molecule has 0 radical (unpaired) electrons. The van der Waals surface area contributed by atoms with E-state index in [1.165, 1.54) is 11.5 Å². The molecule has 0 saturated heterocycles. The molecular weight excluding hydrogens is 1280 g/mol. The van der Waals surface area contributed by atoms with Crippen LogP contribution in [0.25, 0.3) is 34.6 Å². The summed E-state index contributed by atoms with van der Waals surface area (Å²) in [5.74, 6) is 5.73. The first-order valence-corrected chi connectivity index (χ1v) is 33.9. The number of aliphatic hydroxyl groups is 1. The largest absolute Gasteiger partial charge is 0.492 e.